The van der Waals surface area contributed by atoms with Crippen LogP contribution in [0, 0.1) is 0 Å². The van der Waals surface area contributed by atoms with Crippen molar-refractivity contribution in [2.75, 3.05) is 13.7 Å². The number of aromatic nitrogens is 1. The van der Waals surface area contributed by atoms with Gasteiger partial charge < -0.3 is 9.47 Å². The Morgan fingerprint density at radius 1 is 1.40 bits per heavy atom. The summed E-state index contributed by atoms with van der Waals surface area (Å²) in [7, 11) is 1.23. The highest BCUT2D eigenvalue weighted by Crippen LogP contribution is 2.08. The molecular weight excluding hydrogens is 198 g/mol. The van der Waals surface area contributed by atoms with Gasteiger partial charge in [-0.25, -0.2) is 14.6 Å². The van der Waals surface area contributed by atoms with Gasteiger partial charge in [-0.3, -0.25) is 0 Å². The van der Waals surface area contributed by atoms with Gasteiger partial charge in [0, 0.05) is 6.20 Å². The molecule has 0 unspecified atom stereocenters. The van der Waals surface area contributed by atoms with E-state index in [0.717, 1.165) is 0 Å². The molecule has 1 rings (SSSR count). The molecule has 1 aromatic rings. The average Bonchev–Trinajstić information content (AvgIpc) is 2.28. The Kier molecular flexibility index (Phi) is 3.79. The predicted octanol–water partition coefficient (Wildman–Crippen LogP) is 1.04. The second-order valence-corrected chi connectivity index (χ2v) is 2.61. The molecule has 1 aromatic heterocycles. The van der Waals surface area contributed by atoms with Crippen LogP contribution in [0.25, 0.3) is 0 Å². The number of rotatable bonds is 3. The lowest BCUT2D eigenvalue weighted by atomic mass is 10.2. The molecule has 0 spiro atoms. The molecular formula is C10H11NO4. The van der Waals surface area contributed by atoms with Crippen molar-refractivity contribution in [2.24, 2.45) is 0 Å². The molecule has 0 saturated carbocycles. The van der Waals surface area contributed by atoms with E-state index >= 15 is 0 Å². The van der Waals surface area contributed by atoms with Crippen molar-refractivity contribution in [1.82, 2.24) is 4.98 Å². The number of nitrogens with zero attached hydrogens (tertiary/aromatic N) is 1. The summed E-state index contributed by atoms with van der Waals surface area (Å²) in [6.07, 6.45) is 1.41. The summed E-state index contributed by atoms with van der Waals surface area (Å²) in [5.41, 5.74) is 0.0876. The minimum Gasteiger partial charge on any atom is -0.464 e. The average molecular weight is 209 g/mol. The molecule has 0 N–H and O–H groups in total. The summed E-state index contributed by atoms with van der Waals surface area (Å²) >= 11 is 0. The number of esters is 2. The molecule has 0 aliphatic heterocycles. The van der Waals surface area contributed by atoms with Crippen molar-refractivity contribution in [3.05, 3.63) is 29.6 Å². The summed E-state index contributed by atoms with van der Waals surface area (Å²) in [6.45, 7) is 1.93. The molecule has 0 saturated heterocycles. The van der Waals surface area contributed by atoms with Gasteiger partial charge in [-0.2, -0.15) is 0 Å². The third-order valence-corrected chi connectivity index (χ3v) is 1.68. The quantitative estimate of drug-likeness (QED) is 0.696. The summed E-state index contributed by atoms with van der Waals surface area (Å²) in [4.78, 5) is 26.4. The van der Waals surface area contributed by atoms with Crippen LogP contribution in [0.5, 0.6) is 0 Å². The highest BCUT2D eigenvalue weighted by atomic mass is 16.5. The second kappa shape index (κ2) is 5.09. The van der Waals surface area contributed by atoms with E-state index in [4.69, 9.17) is 4.74 Å². The monoisotopic (exact) mass is 209 g/mol. The van der Waals surface area contributed by atoms with Crippen LogP contribution in [0.2, 0.25) is 0 Å². The van der Waals surface area contributed by atoms with Gasteiger partial charge in [0.1, 0.15) is 0 Å². The Morgan fingerprint density at radius 3 is 2.73 bits per heavy atom. The van der Waals surface area contributed by atoms with E-state index in [1.54, 1.807) is 13.0 Å². The van der Waals surface area contributed by atoms with E-state index in [-0.39, 0.29) is 17.9 Å². The topological polar surface area (TPSA) is 65.5 Å². The predicted molar refractivity (Wildman–Crippen MR) is 51.5 cm³/mol. The highest BCUT2D eigenvalue weighted by molar-refractivity contribution is 6.01. The molecule has 1 heterocycles. The second-order valence-electron chi connectivity index (χ2n) is 2.61. The molecule has 0 atom stereocenters. The fourth-order valence-electron chi connectivity index (χ4n) is 1.04. The minimum atomic E-state index is -0.654. The van der Waals surface area contributed by atoms with Gasteiger partial charge in [0.2, 0.25) is 0 Å². The standard InChI is InChI=1S/C10H11NO4/c1-3-15-9(12)7-5-4-6-11-8(7)10(13)14-2/h4-6H,3H2,1-2H3. The molecule has 5 heteroatoms. The first kappa shape index (κ1) is 11.2. The number of methoxy groups -OCH3 is 1. The highest BCUT2D eigenvalue weighted by Gasteiger charge is 2.19. The van der Waals surface area contributed by atoms with Gasteiger partial charge in [0.05, 0.1) is 19.3 Å². The molecule has 0 amide bonds. The van der Waals surface area contributed by atoms with Crippen molar-refractivity contribution in [3.8, 4) is 0 Å². The number of hydrogen-bond acceptors (Lipinski definition) is 5. The fourth-order valence-corrected chi connectivity index (χ4v) is 1.04. The lowest BCUT2D eigenvalue weighted by molar-refractivity contribution is 0.0501. The number of ether oxygens (including phenoxy) is 2. The molecule has 0 aromatic carbocycles. The van der Waals surface area contributed by atoms with Gasteiger partial charge in [0.15, 0.2) is 5.69 Å². The van der Waals surface area contributed by atoms with Crippen molar-refractivity contribution in [1.29, 1.82) is 0 Å². The third-order valence-electron chi connectivity index (χ3n) is 1.68. The zero-order valence-corrected chi connectivity index (χ0v) is 8.52. The van der Waals surface area contributed by atoms with Gasteiger partial charge in [-0.1, -0.05) is 0 Å². The summed E-state index contributed by atoms with van der Waals surface area (Å²) in [5.74, 6) is -1.23. The van der Waals surface area contributed by atoms with Gasteiger partial charge in [-0.15, -0.1) is 0 Å². The lowest BCUT2D eigenvalue weighted by Crippen LogP contribution is -2.14. The van der Waals surface area contributed by atoms with Crippen molar-refractivity contribution in [3.63, 3.8) is 0 Å². The first-order valence-corrected chi connectivity index (χ1v) is 4.41. The van der Waals surface area contributed by atoms with E-state index in [9.17, 15) is 9.59 Å². The molecule has 0 aliphatic rings. The number of carbonyl (C=O) groups is 2. The van der Waals surface area contributed by atoms with E-state index < -0.39 is 11.9 Å². The Morgan fingerprint density at radius 2 is 2.13 bits per heavy atom. The number of pyridine rings is 1. The SMILES string of the molecule is CCOC(=O)c1cccnc1C(=O)OC. The molecule has 0 radical (unpaired) electrons. The van der Waals surface area contributed by atoms with Gasteiger partial charge >= 0.3 is 11.9 Å². The number of hydrogen-bond donors (Lipinski definition) is 0. The van der Waals surface area contributed by atoms with Crippen LogP contribution in [-0.4, -0.2) is 30.6 Å². The Bertz CT molecular complexity index is 375. The Balaban J connectivity index is 3.06. The summed E-state index contributed by atoms with van der Waals surface area (Å²) < 4.78 is 9.27. The maximum Gasteiger partial charge on any atom is 0.357 e. The maximum absolute atomic E-state index is 11.4. The fraction of sp³-hybridized carbons (Fsp3) is 0.300. The molecule has 0 fully saturated rings. The van der Waals surface area contributed by atoms with Crippen LogP contribution in [0.1, 0.15) is 27.8 Å². The van der Waals surface area contributed by atoms with Crippen LogP contribution in [0.4, 0.5) is 0 Å². The number of carbonyl (C=O) groups excluding carboxylic acids is 2. The van der Waals surface area contributed by atoms with Crippen molar-refractivity contribution >= 4 is 11.9 Å². The smallest absolute Gasteiger partial charge is 0.357 e. The van der Waals surface area contributed by atoms with Crippen molar-refractivity contribution in [2.45, 2.75) is 6.92 Å². The Hall–Kier alpha value is -1.91. The van der Waals surface area contributed by atoms with E-state index in [0.29, 0.717) is 0 Å². The molecule has 0 aliphatic carbocycles. The molecule has 5 nitrogen and oxygen atoms in total. The van der Waals surface area contributed by atoms with Gasteiger partial charge in [0.25, 0.3) is 0 Å². The zero-order chi connectivity index (χ0) is 11.3. The lowest BCUT2D eigenvalue weighted by Gasteiger charge is -2.05. The van der Waals surface area contributed by atoms with Crippen LogP contribution in [0.15, 0.2) is 18.3 Å². The molecule has 80 valence electrons. The largest absolute Gasteiger partial charge is 0.464 e. The molecule has 15 heavy (non-hydrogen) atoms. The molecule has 0 bridgehead atoms. The van der Waals surface area contributed by atoms with Crippen LogP contribution in [-0.2, 0) is 9.47 Å². The normalized spacial score (nSPS) is 9.47. The van der Waals surface area contributed by atoms with Crippen LogP contribution >= 0.6 is 0 Å². The first-order chi connectivity index (χ1) is 7.20. The van der Waals surface area contributed by atoms with E-state index in [2.05, 4.69) is 9.72 Å². The van der Waals surface area contributed by atoms with Crippen molar-refractivity contribution < 1.29 is 19.1 Å². The summed E-state index contributed by atoms with van der Waals surface area (Å²) in [5, 5.41) is 0. The van der Waals surface area contributed by atoms with E-state index in [1.807, 2.05) is 0 Å². The first-order valence-electron chi connectivity index (χ1n) is 4.41. The van der Waals surface area contributed by atoms with Crippen LogP contribution in [0.3, 0.4) is 0 Å². The minimum absolute atomic E-state index is 0.0292. The summed E-state index contributed by atoms with van der Waals surface area (Å²) in [6, 6.07) is 3.02. The zero-order valence-electron chi connectivity index (χ0n) is 8.52. The third kappa shape index (κ3) is 2.52. The van der Waals surface area contributed by atoms with Gasteiger partial charge in [-0.05, 0) is 19.1 Å². The Labute approximate surface area is 87.0 Å². The van der Waals surface area contributed by atoms with E-state index in [1.165, 1.54) is 19.4 Å². The van der Waals surface area contributed by atoms with Crippen LogP contribution < -0.4 is 0 Å². The maximum atomic E-state index is 11.4.